The molecule has 0 atom stereocenters. The van der Waals surface area contributed by atoms with E-state index in [0.29, 0.717) is 32.5 Å². The Labute approximate surface area is 113 Å². The Morgan fingerprint density at radius 3 is 2.47 bits per heavy atom. The van der Waals surface area contributed by atoms with Crippen LogP contribution in [0, 0.1) is 16.7 Å². The van der Waals surface area contributed by atoms with E-state index >= 15 is 0 Å². The van der Waals surface area contributed by atoms with Gasteiger partial charge in [-0.1, -0.05) is 13.8 Å². The Bertz CT molecular complexity index is 392. The SMILES string of the molecule is CC(C)(CCC(=O)NC1(C#N)CCOCC1)C(N)=O. The van der Waals surface area contributed by atoms with E-state index in [2.05, 4.69) is 11.4 Å². The molecule has 1 rings (SSSR count). The lowest BCUT2D eigenvalue weighted by molar-refractivity contribution is -0.128. The predicted molar refractivity (Wildman–Crippen MR) is 68.7 cm³/mol. The predicted octanol–water partition coefficient (Wildman–Crippen LogP) is 0.467. The molecule has 6 heteroatoms. The first kappa shape index (κ1) is 15.4. The molecule has 106 valence electrons. The third-order valence-electron chi connectivity index (χ3n) is 3.58. The Morgan fingerprint density at radius 2 is 2.00 bits per heavy atom. The monoisotopic (exact) mass is 267 g/mol. The standard InChI is InChI=1S/C13H21N3O3/c1-12(2,11(15)18)4-3-10(17)16-13(9-14)5-7-19-8-6-13/h3-8H2,1-2H3,(H2,15,18)(H,16,17). The number of hydrogen-bond acceptors (Lipinski definition) is 4. The van der Waals surface area contributed by atoms with Gasteiger partial charge in [0.25, 0.3) is 0 Å². The van der Waals surface area contributed by atoms with Crippen molar-refractivity contribution in [2.24, 2.45) is 11.1 Å². The Hall–Kier alpha value is -1.61. The van der Waals surface area contributed by atoms with Crippen molar-refractivity contribution in [1.29, 1.82) is 5.26 Å². The van der Waals surface area contributed by atoms with Crippen molar-refractivity contribution in [2.75, 3.05) is 13.2 Å². The second-order valence-electron chi connectivity index (χ2n) is 5.60. The summed E-state index contributed by atoms with van der Waals surface area (Å²) < 4.78 is 5.19. The zero-order valence-corrected chi connectivity index (χ0v) is 11.5. The second-order valence-corrected chi connectivity index (χ2v) is 5.60. The molecule has 0 aromatic heterocycles. The number of nitrogens with one attached hydrogen (secondary N) is 1. The number of carbonyl (C=O) groups excluding carboxylic acids is 2. The number of hydrogen-bond donors (Lipinski definition) is 2. The first-order chi connectivity index (χ1) is 8.81. The molecule has 0 radical (unpaired) electrons. The van der Waals surface area contributed by atoms with Crippen LogP contribution in [0.2, 0.25) is 0 Å². The van der Waals surface area contributed by atoms with Crippen molar-refractivity contribution < 1.29 is 14.3 Å². The zero-order chi connectivity index (χ0) is 14.5. The lowest BCUT2D eigenvalue weighted by Crippen LogP contribution is -2.51. The van der Waals surface area contributed by atoms with E-state index < -0.39 is 16.9 Å². The minimum atomic E-state index is -0.827. The second kappa shape index (κ2) is 6.02. The summed E-state index contributed by atoms with van der Waals surface area (Å²) in [5, 5.41) is 12.0. The summed E-state index contributed by atoms with van der Waals surface area (Å²) in [6.07, 6.45) is 1.54. The molecule has 1 saturated heterocycles. The maximum absolute atomic E-state index is 11.9. The molecule has 0 unspecified atom stereocenters. The number of nitrogens with zero attached hydrogens (tertiary/aromatic N) is 1. The highest BCUT2D eigenvalue weighted by molar-refractivity contribution is 5.82. The molecule has 0 bridgehead atoms. The number of rotatable bonds is 5. The van der Waals surface area contributed by atoms with Crippen LogP contribution in [0.25, 0.3) is 0 Å². The van der Waals surface area contributed by atoms with Crippen LogP contribution in [0.15, 0.2) is 0 Å². The van der Waals surface area contributed by atoms with Crippen molar-refractivity contribution >= 4 is 11.8 Å². The average Bonchev–Trinajstić information content (AvgIpc) is 2.37. The number of amides is 2. The molecule has 1 aliphatic heterocycles. The van der Waals surface area contributed by atoms with E-state index in [1.165, 1.54) is 0 Å². The van der Waals surface area contributed by atoms with Gasteiger partial charge in [0.15, 0.2) is 0 Å². The first-order valence-corrected chi connectivity index (χ1v) is 6.41. The maximum atomic E-state index is 11.9. The van der Waals surface area contributed by atoms with Gasteiger partial charge in [-0.15, -0.1) is 0 Å². The fourth-order valence-corrected chi connectivity index (χ4v) is 1.86. The zero-order valence-electron chi connectivity index (χ0n) is 11.5. The van der Waals surface area contributed by atoms with Crippen LogP contribution in [0.3, 0.4) is 0 Å². The Kier molecular flexibility index (Phi) is 4.90. The first-order valence-electron chi connectivity index (χ1n) is 6.41. The topological polar surface area (TPSA) is 105 Å². The molecule has 3 N–H and O–H groups in total. The van der Waals surface area contributed by atoms with Gasteiger partial charge in [0.1, 0.15) is 5.54 Å². The normalized spacial score (nSPS) is 18.4. The van der Waals surface area contributed by atoms with E-state index in [9.17, 15) is 14.9 Å². The lowest BCUT2D eigenvalue weighted by Gasteiger charge is -2.32. The highest BCUT2D eigenvalue weighted by atomic mass is 16.5. The summed E-state index contributed by atoms with van der Waals surface area (Å²) in [6.45, 7) is 4.36. The van der Waals surface area contributed by atoms with Crippen molar-refractivity contribution in [3.63, 3.8) is 0 Å². The van der Waals surface area contributed by atoms with Gasteiger partial charge in [0.05, 0.1) is 6.07 Å². The average molecular weight is 267 g/mol. The summed E-state index contributed by atoms with van der Waals surface area (Å²) in [4.78, 5) is 23.1. The minimum Gasteiger partial charge on any atom is -0.381 e. The van der Waals surface area contributed by atoms with Gasteiger partial charge in [-0.05, 0) is 6.42 Å². The number of primary amides is 1. The summed E-state index contributed by atoms with van der Waals surface area (Å²) in [5.74, 6) is -0.654. The van der Waals surface area contributed by atoms with E-state index in [-0.39, 0.29) is 12.3 Å². The third-order valence-corrected chi connectivity index (χ3v) is 3.58. The van der Waals surface area contributed by atoms with Crippen molar-refractivity contribution in [3.8, 4) is 6.07 Å². The van der Waals surface area contributed by atoms with E-state index in [0.717, 1.165) is 0 Å². The van der Waals surface area contributed by atoms with Crippen LogP contribution in [0.5, 0.6) is 0 Å². The van der Waals surface area contributed by atoms with Gasteiger partial charge in [0, 0.05) is 37.9 Å². The fourth-order valence-electron chi connectivity index (χ4n) is 1.86. The summed E-state index contributed by atoms with van der Waals surface area (Å²) in [7, 11) is 0. The highest BCUT2D eigenvalue weighted by Gasteiger charge is 2.34. The smallest absolute Gasteiger partial charge is 0.223 e. The summed E-state index contributed by atoms with van der Waals surface area (Å²) in [6, 6.07) is 2.16. The van der Waals surface area contributed by atoms with Crippen LogP contribution in [-0.2, 0) is 14.3 Å². The largest absolute Gasteiger partial charge is 0.381 e. The minimum absolute atomic E-state index is 0.181. The highest BCUT2D eigenvalue weighted by Crippen LogP contribution is 2.23. The molecule has 2 amide bonds. The summed E-state index contributed by atoms with van der Waals surface area (Å²) in [5.41, 5.74) is 3.71. The van der Waals surface area contributed by atoms with Gasteiger partial charge >= 0.3 is 0 Å². The molecule has 1 heterocycles. The van der Waals surface area contributed by atoms with Crippen molar-refractivity contribution in [2.45, 2.75) is 45.1 Å². The van der Waals surface area contributed by atoms with Gasteiger partial charge in [-0.25, -0.2) is 0 Å². The number of carbonyl (C=O) groups is 2. The van der Waals surface area contributed by atoms with Gasteiger partial charge in [-0.2, -0.15) is 5.26 Å². The third kappa shape index (κ3) is 4.21. The van der Waals surface area contributed by atoms with E-state index in [4.69, 9.17) is 10.5 Å². The Morgan fingerprint density at radius 1 is 1.42 bits per heavy atom. The van der Waals surface area contributed by atoms with E-state index in [1.54, 1.807) is 13.8 Å². The van der Waals surface area contributed by atoms with Crippen LogP contribution < -0.4 is 11.1 Å². The van der Waals surface area contributed by atoms with Crippen LogP contribution in [0.4, 0.5) is 0 Å². The summed E-state index contributed by atoms with van der Waals surface area (Å²) >= 11 is 0. The Balaban J connectivity index is 2.51. The molecule has 0 spiro atoms. The molecule has 0 aromatic carbocycles. The molecule has 19 heavy (non-hydrogen) atoms. The lowest BCUT2D eigenvalue weighted by atomic mass is 9.86. The van der Waals surface area contributed by atoms with Gasteiger partial charge in [-0.3, -0.25) is 9.59 Å². The quantitative estimate of drug-likeness (QED) is 0.755. The van der Waals surface area contributed by atoms with Crippen LogP contribution in [0.1, 0.15) is 39.5 Å². The number of nitriles is 1. The fraction of sp³-hybridized carbons (Fsp3) is 0.769. The van der Waals surface area contributed by atoms with Crippen LogP contribution >= 0.6 is 0 Å². The van der Waals surface area contributed by atoms with Crippen molar-refractivity contribution in [1.82, 2.24) is 5.32 Å². The number of nitrogens with two attached hydrogens (primary N) is 1. The molecular formula is C13H21N3O3. The molecule has 1 fully saturated rings. The molecule has 0 saturated carbocycles. The maximum Gasteiger partial charge on any atom is 0.223 e. The molecular weight excluding hydrogens is 246 g/mol. The van der Waals surface area contributed by atoms with Gasteiger partial charge < -0.3 is 15.8 Å². The van der Waals surface area contributed by atoms with Crippen molar-refractivity contribution in [3.05, 3.63) is 0 Å². The van der Waals surface area contributed by atoms with Crippen LogP contribution in [-0.4, -0.2) is 30.6 Å². The van der Waals surface area contributed by atoms with E-state index in [1.807, 2.05) is 0 Å². The van der Waals surface area contributed by atoms with Gasteiger partial charge in [0.2, 0.25) is 11.8 Å². The molecule has 0 aromatic rings. The number of ether oxygens (including phenoxy) is 1. The molecule has 6 nitrogen and oxygen atoms in total. The molecule has 0 aliphatic carbocycles. The molecule has 1 aliphatic rings.